The van der Waals surface area contributed by atoms with Crippen LogP contribution >= 0.6 is 35.3 Å². The molecule has 0 atom stereocenters. The first-order chi connectivity index (χ1) is 11.3. The van der Waals surface area contributed by atoms with Gasteiger partial charge < -0.3 is 15.6 Å². The minimum absolute atomic E-state index is 0. The zero-order valence-electron chi connectivity index (χ0n) is 13.9. The predicted molar refractivity (Wildman–Crippen MR) is 115 cm³/mol. The van der Waals surface area contributed by atoms with Gasteiger partial charge in [0.15, 0.2) is 5.96 Å². The number of aliphatic imine (C=N–C) groups is 1. The Bertz CT molecular complexity index is 806. The van der Waals surface area contributed by atoms with Crippen molar-refractivity contribution in [3.05, 3.63) is 57.9 Å². The Kier molecular flexibility index (Phi) is 7.11. The molecular weight excluding hydrogens is 431 g/mol. The Hall–Kier alpha value is -1.54. The molecule has 0 aliphatic heterocycles. The van der Waals surface area contributed by atoms with Gasteiger partial charge in [-0.05, 0) is 42.0 Å². The fourth-order valence-electron chi connectivity index (χ4n) is 2.62. The van der Waals surface area contributed by atoms with Crippen LogP contribution in [-0.4, -0.2) is 24.5 Å². The number of H-pyrrole nitrogens is 1. The van der Waals surface area contributed by atoms with Gasteiger partial charge in [-0.1, -0.05) is 18.2 Å². The van der Waals surface area contributed by atoms with E-state index in [-0.39, 0.29) is 24.0 Å². The van der Waals surface area contributed by atoms with E-state index in [4.69, 9.17) is 0 Å². The van der Waals surface area contributed by atoms with Gasteiger partial charge in [-0.15, -0.1) is 35.3 Å². The fraction of sp³-hybridized carbons (Fsp3) is 0.278. The minimum Gasteiger partial charge on any atom is -0.361 e. The Balaban J connectivity index is 0.00000208. The lowest BCUT2D eigenvalue weighted by Crippen LogP contribution is -2.37. The van der Waals surface area contributed by atoms with Gasteiger partial charge in [0.05, 0.1) is 6.54 Å². The number of nitrogens with zero attached hydrogens (tertiary/aromatic N) is 1. The quantitative estimate of drug-likeness (QED) is 0.310. The molecule has 0 unspecified atom stereocenters. The molecule has 24 heavy (non-hydrogen) atoms. The number of thiophene rings is 1. The van der Waals surface area contributed by atoms with Gasteiger partial charge in [-0.25, -0.2) is 0 Å². The van der Waals surface area contributed by atoms with Crippen molar-refractivity contribution in [3.63, 3.8) is 0 Å². The molecule has 3 rings (SSSR count). The molecule has 6 heteroatoms. The second-order valence-corrected chi connectivity index (χ2v) is 6.49. The van der Waals surface area contributed by atoms with Crippen LogP contribution in [-0.2, 0) is 13.0 Å². The molecule has 3 aromatic rings. The monoisotopic (exact) mass is 454 g/mol. The minimum atomic E-state index is 0. The number of hydrogen-bond donors (Lipinski definition) is 3. The van der Waals surface area contributed by atoms with Gasteiger partial charge in [0.25, 0.3) is 0 Å². The summed E-state index contributed by atoms with van der Waals surface area (Å²) < 4.78 is 0. The molecule has 3 N–H and O–H groups in total. The third-order valence-electron chi connectivity index (χ3n) is 3.97. The van der Waals surface area contributed by atoms with Crippen LogP contribution in [0.3, 0.4) is 0 Å². The number of hydrogen-bond acceptors (Lipinski definition) is 2. The molecule has 0 saturated carbocycles. The first-order valence-electron chi connectivity index (χ1n) is 7.80. The lowest BCUT2D eigenvalue weighted by Gasteiger charge is -2.11. The van der Waals surface area contributed by atoms with Crippen molar-refractivity contribution in [2.75, 3.05) is 13.6 Å². The molecule has 0 spiro atoms. The van der Waals surface area contributed by atoms with Gasteiger partial charge in [-0.2, -0.15) is 0 Å². The Morgan fingerprint density at radius 2 is 2.04 bits per heavy atom. The summed E-state index contributed by atoms with van der Waals surface area (Å²) >= 11 is 1.78. The summed E-state index contributed by atoms with van der Waals surface area (Å²) in [5.74, 6) is 0.845. The summed E-state index contributed by atoms with van der Waals surface area (Å²) in [6, 6.07) is 10.6. The van der Waals surface area contributed by atoms with Crippen LogP contribution in [0.15, 0.2) is 46.9 Å². The summed E-state index contributed by atoms with van der Waals surface area (Å²) in [7, 11) is 1.81. The predicted octanol–water partition coefficient (Wildman–Crippen LogP) is 4.06. The topological polar surface area (TPSA) is 52.2 Å². The van der Waals surface area contributed by atoms with Crippen LogP contribution in [0.2, 0.25) is 0 Å². The summed E-state index contributed by atoms with van der Waals surface area (Å²) in [4.78, 5) is 8.96. The smallest absolute Gasteiger partial charge is 0.191 e. The number of aromatic nitrogens is 1. The number of rotatable bonds is 5. The molecule has 0 fully saturated rings. The van der Waals surface area contributed by atoms with Crippen LogP contribution < -0.4 is 10.6 Å². The number of para-hydroxylation sites is 1. The third kappa shape index (κ3) is 4.51. The van der Waals surface area contributed by atoms with Crippen molar-refractivity contribution < 1.29 is 0 Å². The highest BCUT2D eigenvalue weighted by molar-refractivity contribution is 14.0. The summed E-state index contributed by atoms with van der Waals surface area (Å²) in [5.41, 5.74) is 3.85. The Morgan fingerprint density at radius 3 is 2.79 bits per heavy atom. The lowest BCUT2D eigenvalue weighted by molar-refractivity contribution is 0.800. The normalized spacial score (nSPS) is 11.3. The molecule has 2 heterocycles. The van der Waals surface area contributed by atoms with Crippen molar-refractivity contribution in [2.45, 2.75) is 19.9 Å². The molecule has 128 valence electrons. The zero-order chi connectivity index (χ0) is 16.1. The SMILES string of the molecule is CN=C(NCCc1c[nH]c2ccccc12)NCc1sccc1C.I. The van der Waals surface area contributed by atoms with Crippen LogP contribution in [0.4, 0.5) is 0 Å². The standard InChI is InChI=1S/C18H22N4S.HI/c1-13-8-10-23-17(13)12-22-18(19-2)20-9-7-14-11-21-16-6-4-3-5-15(14)16;/h3-6,8,10-11,21H,7,9,12H2,1-2H3,(H2,19,20,22);1H. The van der Waals surface area contributed by atoms with E-state index >= 15 is 0 Å². The molecule has 0 radical (unpaired) electrons. The summed E-state index contributed by atoms with van der Waals surface area (Å²) in [6.45, 7) is 3.81. The van der Waals surface area contributed by atoms with E-state index in [0.29, 0.717) is 0 Å². The van der Waals surface area contributed by atoms with E-state index < -0.39 is 0 Å². The molecular formula is C18H23IN4S. The highest BCUT2D eigenvalue weighted by atomic mass is 127. The molecule has 0 aliphatic carbocycles. The van der Waals surface area contributed by atoms with Gasteiger partial charge >= 0.3 is 0 Å². The van der Waals surface area contributed by atoms with Crippen molar-refractivity contribution in [1.82, 2.24) is 15.6 Å². The summed E-state index contributed by atoms with van der Waals surface area (Å²) in [5, 5.41) is 10.2. The largest absolute Gasteiger partial charge is 0.361 e. The zero-order valence-corrected chi connectivity index (χ0v) is 17.1. The number of guanidine groups is 1. The molecule has 1 aromatic carbocycles. The molecule has 0 bridgehead atoms. The van der Waals surface area contributed by atoms with Crippen LogP contribution in [0.5, 0.6) is 0 Å². The van der Waals surface area contributed by atoms with Crippen LogP contribution in [0, 0.1) is 6.92 Å². The van der Waals surface area contributed by atoms with E-state index in [9.17, 15) is 0 Å². The Morgan fingerprint density at radius 1 is 1.21 bits per heavy atom. The number of aromatic amines is 1. The lowest BCUT2D eigenvalue weighted by atomic mass is 10.1. The maximum atomic E-state index is 4.29. The second kappa shape index (κ2) is 9.08. The first kappa shape index (κ1) is 18.8. The third-order valence-corrected chi connectivity index (χ3v) is 4.99. The number of benzene rings is 1. The summed E-state index contributed by atoms with van der Waals surface area (Å²) in [6.07, 6.45) is 3.06. The fourth-order valence-corrected chi connectivity index (χ4v) is 3.47. The van der Waals surface area contributed by atoms with Crippen molar-refractivity contribution >= 4 is 52.2 Å². The maximum absolute atomic E-state index is 4.29. The van der Waals surface area contributed by atoms with Gasteiger partial charge in [0, 0.05) is 35.6 Å². The van der Waals surface area contributed by atoms with Gasteiger partial charge in [0.2, 0.25) is 0 Å². The highest BCUT2D eigenvalue weighted by Crippen LogP contribution is 2.17. The number of aryl methyl sites for hydroxylation is 1. The second-order valence-electron chi connectivity index (χ2n) is 5.49. The van der Waals surface area contributed by atoms with E-state index in [1.54, 1.807) is 11.3 Å². The first-order valence-corrected chi connectivity index (χ1v) is 8.68. The number of nitrogens with one attached hydrogen (secondary N) is 3. The van der Waals surface area contributed by atoms with E-state index in [0.717, 1.165) is 25.5 Å². The van der Waals surface area contributed by atoms with E-state index in [1.165, 1.54) is 26.9 Å². The molecule has 0 saturated heterocycles. The van der Waals surface area contributed by atoms with Crippen molar-refractivity contribution in [1.29, 1.82) is 0 Å². The molecule has 2 aromatic heterocycles. The highest BCUT2D eigenvalue weighted by Gasteiger charge is 2.04. The van der Waals surface area contributed by atoms with Crippen molar-refractivity contribution in [3.8, 4) is 0 Å². The average molecular weight is 454 g/mol. The number of fused-ring (bicyclic) bond motifs is 1. The van der Waals surface area contributed by atoms with E-state index in [1.807, 2.05) is 7.05 Å². The Labute approximate surface area is 163 Å². The molecule has 4 nitrogen and oxygen atoms in total. The van der Waals surface area contributed by atoms with Crippen LogP contribution in [0.25, 0.3) is 10.9 Å². The van der Waals surface area contributed by atoms with E-state index in [2.05, 4.69) is 69.4 Å². The average Bonchev–Trinajstić information content (AvgIpc) is 3.17. The maximum Gasteiger partial charge on any atom is 0.191 e. The number of halogens is 1. The van der Waals surface area contributed by atoms with Crippen molar-refractivity contribution in [2.24, 2.45) is 4.99 Å². The van der Waals surface area contributed by atoms with Gasteiger partial charge in [0.1, 0.15) is 0 Å². The van der Waals surface area contributed by atoms with Gasteiger partial charge in [-0.3, -0.25) is 4.99 Å². The molecule has 0 aliphatic rings. The molecule has 0 amide bonds. The van der Waals surface area contributed by atoms with Crippen LogP contribution in [0.1, 0.15) is 16.0 Å².